The summed E-state index contributed by atoms with van der Waals surface area (Å²) < 4.78 is 6.16. The average molecular weight is 328 g/mol. The van der Waals surface area contributed by atoms with Crippen LogP contribution in [0.4, 0.5) is 0 Å². The summed E-state index contributed by atoms with van der Waals surface area (Å²) in [5, 5.41) is 0.457. The highest BCUT2D eigenvalue weighted by molar-refractivity contribution is 9.10. The first kappa shape index (κ1) is 12.2. The van der Waals surface area contributed by atoms with Gasteiger partial charge in [0.1, 0.15) is 5.15 Å². The molecule has 2 aromatic rings. The Morgan fingerprint density at radius 1 is 1.28 bits per heavy atom. The van der Waals surface area contributed by atoms with E-state index >= 15 is 0 Å². The van der Waals surface area contributed by atoms with Gasteiger partial charge in [-0.3, -0.25) is 0 Å². The Kier molecular flexibility index (Phi) is 3.39. The lowest BCUT2D eigenvalue weighted by molar-refractivity contribution is 0.575. The van der Waals surface area contributed by atoms with E-state index in [1.165, 1.54) is 25.7 Å². The summed E-state index contributed by atoms with van der Waals surface area (Å²) in [7, 11) is 0. The largest absolute Gasteiger partial charge is 0.461 e. The van der Waals surface area contributed by atoms with Gasteiger partial charge in [-0.15, -0.1) is 0 Å². The van der Waals surface area contributed by atoms with Crippen LogP contribution in [0.2, 0.25) is 5.15 Å². The van der Waals surface area contributed by atoms with E-state index in [2.05, 4.69) is 25.9 Å². The molecule has 0 amide bonds. The van der Waals surface area contributed by atoms with Crippen LogP contribution < -0.4 is 0 Å². The van der Waals surface area contributed by atoms with Crippen LogP contribution in [-0.2, 0) is 0 Å². The summed E-state index contributed by atoms with van der Waals surface area (Å²) in [5.74, 6) is 1.70. The normalized spacial score (nSPS) is 16.3. The fraction of sp³-hybridized carbons (Fsp3) is 0.385. The molecule has 3 nitrogen and oxygen atoms in total. The van der Waals surface area contributed by atoms with Crippen molar-refractivity contribution < 1.29 is 4.42 Å². The molecule has 94 valence electrons. The molecule has 1 aliphatic carbocycles. The zero-order valence-electron chi connectivity index (χ0n) is 9.70. The molecule has 5 heteroatoms. The Bertz CT molecular complexity index is 550. The predicted molar refractivity (Wildman–Crippen MR) is 73.7 cm³/mol. The van der Waals surface area contributed by atoms with Crippen molar-refractivity contribution in [3.05, 3.63) is 33.7 Å². The molecular formula is C13H12BrClN2O. The number of hydrogen-bond acceptors (Lipinski definition) is 3. The molecule has 1 aliphatic rings. The summed E-state index contributed by atoms with van der Waals surface area (Å²) in [6, 6.07) is 3.67. The molecule has 1 fully saturated rings. The van der Waals surface area contributed by atoms with Gasteiger partial charge in [0.2, 0.25) is 0 Å². The molecule has 0 unspecified atom stereocenters. The van der Waals surface area contributed by atoms with Crippen molar-refractivity contribution in [3.8, 4) is 11.6 Å². The molecule has 0 bridgehead atoms. The van der Waals surface area contributed by atoms with E-state index in [9.17, 15) is 0 Å². The molecule has 3 rings (SSSR count). The highest BCUT2D eigenvalue weighted by Crippen LogP contribution is 2.39. The third-order valence-corrected chi connectivity index (χ3v) is 4.60. The van der Waals surface area contributed by atoms with Gasteiger partial charge in [0, 0.05) is 5.92 Å². The third-order valence-electron chi connectivity index (χ3n) is 3.32. The molecule has 0 N–H and O–H groups in total. The Morgan fingerprint density at radius 2 is 2.06 bits per heavy atom. The zero-order chi connectivity index (χ0) is 12.5. The first-order valence-electron chi connectivity index (χ1n) is 6.02. The van der Waals surface area contributed by atoms with Crippen LogP contribution in [0.15, 0.2) is 27.3 Å². The summed E-state index contributed by atoms with van der Waals surface area (Å²) in [4.78, 5) is 8.88. The van der Waals surface area contributed by atoms with Crippen LogP contribution in [0, 0.1) is 0 Å². The van der Waals surface area contributed by atoms with E-state index in [-0.39, 0.29) is 0 Å². The monoisotopic (exact) mass is 326 g/mol. The summed E-state index contributed by atoms with van der Waals surface area (Å²) >= 11 is 9.67. The van der Waals surface area contributed by atoms with Gasteiger partial charge in [0.25, 0.3) is 0 Å². The first-order chi connectivity index (χ1) is 8.75. The Morgan fingerprint density at radius 3 is 2.72 bits per heavy atom. The van der Waals surface area contributed by atoms with Crippen LogP contribution >= 0.6 is 27.5 Å². The van der Waals surface area contributed by atoms with Crippen LogP contribution in [0.25, 0.3) is 11.6 Å². The van der Waals surface area contributed by atoms with Crippen LogP contribution in [0.1, 0.15) is 37.3 Å². The quantitative estimate of drug-likeness (QED) is 0.743. The lowest BCUT2D eigenvalue weighted by atomic mass is 10.0. The van der Waals surface area contributed by atoms with Crippen molar-refractivity contribution in [2.75, 3.05) is 0 Å². The van der Waals surface area contributed by atoms with E-state index in [1.54, 1.807) is 6.26 Å². The van der Waals surface area contributed by atoms with E-state index in [4.69, 9.17) is 16.0 Å². The lowest BCUT2D eigenvalue weighted by Gasteiger charge is -2.12. The van der Waals surface area contributed by atoms with Crippen molar-refractivity contribution in [1.82, 2.24) is 9.97 Å². The van der Waals surface area contributed by atoms with Gasteiger partial charge in [-0.1, -0.05) is 24.4 Å². The highest BCUT2D eigenvalue weighted by Gasteiger charge is 2.24. The maximum Gasteiger partial charge on any atom is 0.197 e. The molecule has 0 atom stereocenters. The van der Waals surface area contributed by atoms with E-state index in [0.29, 0.717) is 22.7 Å². The molecule has 0 aromatic carbocycles. The molecule has 0 saturated heterocycles. The number of aromatic nitrogens is 2. The van der Waals surface area contributed by atoms with Crippen LogP contribution in [0.3, 0.4) is 0 Å². The highest BCUT2D eigenvalue weighted by atomic mass is 79.9. The number of hydrogen-bond donors (Lipinski definition) is 0. The Balaban J connectivity index is 2.07. The van der Waals surface area contributed by atoms with Gasteiger partial charge in [0.05, 0.1) is 16.4 Å². The SMILES string of the molecule is Clc1nc(-c2ccco2)nc(C2CCCC2)c1Br. The van der Waals surface area contributed by atoms with E-state index in [1.807, 2.05) is 12.1 Å². The summed E-state index contributed by atoms with van der Waals surface area (Å²) in [5.41, 5.74) is 1.01. The smallest absolute Gasteiger partial charge is 0.197 e. The van der Waals surface area contributed by atoms with Gasteiger partial charge in [-0.25, -0.2) is 9.97 Å². The molecule has 18 heavy (non-hydrogen) atoms. The second kappa shape index (κ2) is 5.02. The number of furan rings is 1. The van der Waals surface area contributed by atoms with Gasteiger partial charge in [-0.05, 0) is 40.9 Å². The van der Waals surface area contributed by atoms with Crippen LogP contribution in [-0.4, -0.2) is 9.97 Å². The molecule has 0 spiro atoms. The van der Waals surface area contributed by atoms with Crippen molar-refractivity contribution >= 4 is 27.5 Å². The van der Waals surface area contributed by atoms with Gasteiger partial charge < -0.3 is 4.42 Å². The minimum absolute atomic E-state index is 0.457. The minimum Gasteiger partial charge on any atom is -0.461 e. The molecule has 1 saturated carbocycles. The molecule has 2 aromatic heterocycles. The van der Waals surface area contributed by atoms with E-state index < -0.39 is 0 Å². The lowest BCUT2D eigenvalue weighted by Crippen LogP contribution is -2.02. The van der Waals surface area contributed by atoms with Crippen molar-refractivity contribution in [3.63, 3.8) is 0 Å². The maximum absolute atomic E-state index is 6.17. The second-order valence-electron chi connectivity index (χ2n) is 4.50. The van der Waals surface area contributed by atoms with Crippen LogP contribution in [0.5, 0.6) is 0 Å². The average Bonchev–Trinajstić information content (AvgIpc) is 3.03. The fourth-order valence-electron chi connectivity index (χ4n) is 2.42. The second-order valence-corrected chi connectivity index (χ2v) is 5.65. The van der Waals surface area contributed by atoms with Gasteiger partial charge in [0.15, 0.2) is 11.6 Å². The third kappa shape index (κ3) is 2.19. The maximum atomic E-state index is 6.17. The molecule has 0 aliphatic heterocycles. The standard InChI is InChI=1S/C13H12BrClN2O/c14-10-11(8-4-1-2-5-8)16-13(17-12(10)15)9-6-3-7-18-9/h3,6-8H,1-2,4-5H2. The van der Waals surface area contributed by atoms with Crippen molar-refractivity contribution in [2.24, 2.45) is 0 Å². The number of rotatable bonds is 2. The topological polar surface area (TPSA) is 38.9 Å². The van der Waals surface area contributed by atoms with Gasteiger partial charge >= 0.3 is 0 Å². The fourth-order valence-corrected chi connectivity index (χ4v) is 3.10. The van der Waals surface area contributed by atoms with E-state index in [0.717, 1.165) is 10.2 Å². The Hall–Kier alpha value is -0.870. The number of halogens is 2. The Labute approximate surface area is 119 Å². The molecular weight excluding hydrogens is 316 g/mol. The van der Waals surface area contributed by atoms with Gasteiger partial charge in [-0.2, -0.15) is 0 Å². The molecule has 0 radical (unpaired) electrons. The first-order valence-corrected chi connectivity index (χ1v) is 7.19. The minimum atomic E-state index is 0.457. The molecule has 2 heterocycles. The predicted octanol–water partition coefficient (Wildman–Crippen LogP) is 4.81. The zero-order valence-corrected chi connectivity index (χ0v) is 12.0. The summed E-state index contributed by atoms with van der Waals surface area (Å²) in [6.07, 6.45) is 6.47. The number of nitrogens with zero attached hydrogens (tertiary/aromatic N) is 2. The van der Waals surface area contributed by atoms with Crippen molar-refractivity contribution in [2.45, 2.75) is 31.6 Å². The van der Waals surface area contributed by atoms with Crippen molar-refractivity contribution in [1.29, 1.82) is 0 Å². The summed E-state index contributed by atoms with van der Waals surface area (Å²) in [6.45, 7) is 0.